The molecule has 0 aromatic heterocycles. The standard InChI is InChI=1S/C9H5ClN2O2/c10-8-2-1-7(3-6(8)4-11)12-5-9(13)14/h1-3,5H,(H,13,14). The van der Waals surface area contributed by atoms with Crippen LogP contribution in [0.1, 0.15) is 5.56 Å². The SMILES string of the molecule is N#Cc1cc(N=CC(=O)O)ccc1Cl. The van der Waals surface area contributed by atoms with Crippen LogP contribution in [0.4, 0.5) is 5.69 Å². The van der Waals surface area contributed by atoms with Gasteiger partial charge in [-0.25, -0.2) is 9.79 Å². The number of aliphatic imine (C=N–C) groups is 1. The van der Waals surface area contributed by atoms with Crippen molar-refractivity contribution in [1.82, 2.24) is 0 Å². The molecule has 0 fully saturated rings. The predicted octanol–water partition coefficient (Wildman–Crippen LogP) is 2.00. The first-order chi connectivity index (χ1) is 6.63. The predicted molar refractivity (Wildman–Crippen MR) is 52.0 cm³/mol. The van der Waals surface area contributed by atoms with Crippen molar-refractivity contribution in [2.24, 2.45) is 4.99 Å². The maximum absolute atomic E-state index is 10.2. The van der Waals surface area contributed by atoms with E-state index in [2.05, 4.69) is 4.99 Å². The van der Waals surface area contributed by atoms with Crippen LogP contribution in [-0.4, -0.2) is 17.3 Å². The molecule has 0 bridgehead atoms. The van der Waals surface area contributed by atoms with E-state index in [9.17, 15) is 4.79 Å². The van der Waals surface area contributed by atoms with Crippen molar-refractivity contribution < 1.29 is 9.90 Å². The monoisotopic (exact) mass is 208 g/mol. The molecule has 0 amide bonds. The average Bonchev–Trinajstić information content (AvgIpc) is 2.16. The fraction of sp³-hybridized carbons (Fsp3) is 0. The van der Waals surface area contributed by atoms with E-state index in [0.29, 0.717) is 10.7 Å². The van der Waals surface area contributed by atoms with E-state index in [0.717, 1.165) is 6.21 Å². The summed E-state index contributed by atoms with van der Waals surface area (Å²) in [5.41, 5.74) is 0.653. The first kappa shape index (κ1) is 10.2. The van der Waals surface area contributed by atoms with E-state index in [1.807, 2.05) is 6.07 Å². The summed E-state index contributed by atoms with van der Waals surface area (Å²) >= 11 is 5.67. The Bertz CT molecular complexity index is 435. The molecule has 1 aromatic rings. The Kier molecular flexibility index (Phi) is 3.21. The van der Waals surface area contributed by atoms with Crippen molar-refractivity contribution in [3.05, 3.63) is 28.8 Å². The Morgan fingerprint density at radius 3 is 2.93 bits per heavy atom. The van der Waals surface area contributed by atoms with Crippen LogP contribution in [-0.2, 0) is 4.79 Å². The molecule has 0 atom stereocenters. The van der Waals surface area contributed by atoms with Crippen LogP contribution < -0.4 is 0 Å². The fourth-order valence-corrected chi connectivity index (χ4v) is 0.969. The Morgan fingerprint density at radius 1 is 1.64 bits per heavy atom. The Morgan fingerprint density at radius 2 is 2.36 bits per heavy atom. The van der Waals surface area contributed by atoms with E-state index in [-0.39, 0.29) is 5.56 Å². The van der Waals surface area contributed by atoms with E-state index in [4.69, 9.17) is 22.0 Å². The minimum absolute atomic E-state index is 0.270. The van der Waals surface area contributed by atoms with Gasteiger partial charge in [-0.15, -0.1) is 0 Å². The molecule has 5 heteroatoms. The number of rotatable bonds is 2. The topological polar surface area (TPSA) is 73.5 Å². The van der Waals surface area contributed by atoms with Gasteiger partial charge in [0.25, 0.3) is 0 Å². The molecule has 0 aliphatic carbocycles. The number of hydrogen-bond donors (Lipinski definition) is 1. The quantitative estimate of drug-likeness (QED) is 0.756. The van der Waals surface area contributed by atoms with E-state index < -0.39 is 5.97 Å². The normalized spacial score (nSPS) is 10.0. The molecule has 0 spiro atoms. The number of benzene rings is 1. The maximum atomic E-state index is 10.2. The van der Waals surface area contributed by atoms with Crippen molar-refractivity contribution in [3.8, 4) is 6.07 Å². The van der Waals surface area contributed by atoms with Gasteiger partial charge in [-0.2, -0.15) is 5.26 Å². The highest BCUT2D eigenvalue weighted by Gasteiger charge is 1.99. The van der Waals surface area contributed by atoms with Crippen LogP contribution >= 0.6 is 11.6 Å². The van der Waals surface area contributed by atoms with E-state index in [1.165, 1.54) is 18.2 Å². The third kappa shape index (κ3) is 2.57. The maximum Gasteiger partial charge on any atom is 0.346 e. The molecule has 1 N–H and O–H groups in total. The Labute approximate surface area is 85.1 Å². The number of halogens is 1. The number of carboxylic acid groups (broad SMARTS) is 1. The van der Waals surface area contributed by atoms with Crippen LogP contribution in [0.5, 0.6) is 0 Å². The lowest BCUT2D eigenvalue weighted by molar-refractivity contribution is -0.128. The van der Waals surface area contributed by atoms with Gasteiger partial charge in [-0.05, 0) is 18.2 Å². The molecule has 0 saturated heterocycles. The number of carboxylic acids is 1. The minimum Gasteiger partial charge on any atom is -0.477 e. The molecule has 14 heavy (non-hydrogen) atoms. The van der Waals surface area contributed by atoms with Gasteiger partial charge in [0.15, 0.2) is 0 Å². The molecule has 4 nitrogen and oxygen atoms in total. The highest BCUT2D eigenvalue weighted by molar-refractivity contribution is 6.31. The highest BCUT2D eigenvalue weighted by atomic mass is 35.5. The number of hydrogen-bond acceptors (Lipinski definition) is 3. The van der Waals surface area contributed by atoms with Gasteiger partial charge >= 0.3 is 5.97 Å². The van der Waals surface area contributed by atoms with E-state index in [1.54, 1.807) is 0 Å². The van der Waals surface area contributed by atoms with Crippen molar-refractivity contribution in [1.29, 1.82) is 5.26 Å². The van der Waals surface area contributed by atoms with Crippen molar-refractivity contribution in [2.75, 3.05) is 0 Å². The second-order valence-electron chi connectivity index (χ2n) is 2.37. The number of aliphatic carboxylic acids is 1. The summed E-state index contributed by atoms with van der Waals surface area (Å²) in [4.78, 5) is 13.8. The third-order valence-electron chi connectivity index (χ3n) is 1.39. The zero-order chi connectivity index (χ0) is 10.6. The molecule has 0 aliphatic rings. The summed E-state index contributed by atoms with van der Waals surface area (Å²) in [7, 11) is 0. The van der Waals surface area contributed by atoms with Crippen LogP contribution in [0.2, 0.25) is 5.02 Å². The van der Waals surface area contributed by atoms with Gasteiger partial charge in [0.1, 0.15) is 12.3 Å². The lowest BCUT2D eigenvalue weighted by Crippen LogP contribution is -1.93. The van der Waals surface area contributed by atoms with Crippen molar-refractivity contribution >= 4 is 29.5 Å². The summed E-state index contributed by atoms with van der Waals surface area (Å²) < 4.78 is 0. The molecule has 1 aromatic carbocycles. The summed E-state index contributed by atoms with van der Waals surface area (Å²) in [6.45, 7) is 0. The van der Waals surface area contributed by atoms with Crippen molar-refractivity contribution in [3.63, 3.8) is 0 Å². The van der Waals surface area contributed by atoms with Crippen molar-refractivity contribution in [2.45, 2.75) is 0 Å². The van der Waals surface area contributed by atoms with Gasteiger partial charge in [0, 0.05) is 0 Å². The van der Waals surface area contributed by atoms with Crippen LogP contribution in [0.25, 0.3) is 0 Å². The van der Waals surface area contributed by atoms with Gasteiger partial charge in [0.2, 0.25) is 0 Å². The molecule has 0 aliphatic heterocycles. The molecule has 0 unspecified atom stereocenters. The highest BCUT2D eigenvalue weighted by Crippen LogP contribution is 2.21. The second kappa shape index (κ2) is 4.40. The molecular formula is C9H5ClN2O2. The summed E-state index contributed by atoms with van der Waals surface area (Å²) in [6.07, 6.45) is 0.754. The molecule has 0 saturated carbocycles. The molecule has 0 radical (unpaired) electrons. The molecule has 70 valence electrons. The summed E-state index contributed by atoms with van der Waals surface area (Å²) in [5, 5.41) is 17.3. The second-order valence-corrected chi connectivity index (χ2v) is 2.78. The van der Waals surface area contributed by atoms with Gasteiger partial charge < -0.3 is 5.11 Å². The zero-order valence-corrected chi connectivity index (χ0v) is 7.69. The third-order valence-corrected chi connectivity index (χ3v) is 1.72. The summed E-state index contributed by atoms with van der Waals surface area (Å²) in [5.74, 6) is -1.14. The van der Waals surface area contributed by atoms with Crippen LogP contribution in [0, 0.1) is 11.3 Å². The smallest absolute Gasteiger partial charge is 0.346 e. The first-order valence-electron chi connectivity index (χ1n) is 3.60. The largest absolute Gasteiger partial charge is 0.477 e. The van der Waals surface area contributed by atoms with E-state index >= 15 is 0 Å². The Hall–Kier alpha value is -1.86. The average molecular weight is 209 g/mol. The number of nitriles is 1. The van der Waals surface area contributed by atoms with Crippen LogP contribution in [0.15, 0.2) is 23.2 Å². The van der Waals surface area contributed by atoms with Gasteiger partial charge in [-0.1, -0.05) is 11.6 Å². The first-order valence-corrected chi connectivity index (χ1v) is 3.98. The number of nitrogens with zero attached hydrogens (tertiary/aromatic N) is 2. The van der Waals surface area contributed by atoms with Crippen LogP contribution in [0.3, 0.4) is 0 Å². The fourth-order valence-electron chi connectivity index (χ4n) is 0.809. The minimum atomic E-state index is -1.14. The van der Waals surface area contributed by atoms with Gasteiger partial charge in [-0.3, -0.25) is 0 Å². The molecule has 1 rings (SSSR count). The Balaban J connectivity index is 3.03. The summed E-state index contributed by atoms with van der Waals surface area (Å²) in [6, 6.07) is 6.31. The molecular weight excluding hydrogens is 204 g/mol. The zero-order valence-electron chi connectivity index (χ0n) is 6.94. The molecule has 0 heterocycles. The number of carbonyl (C=O) groups is 1. The lowest BCUT2D eigenvalue weighted by atomic mass is 10.2. The lowest BCUT2D eigenvalue weighted by Gasteiger charge is -1.95. The van der Waals surface area contributed by atoms with Gasteiger partial charge in [0.05, 0.1) is 16.3 Å².